The molecule has 3 N–H and O–H groups in total. The van der Waals surface area contributed by atoms with Crippen LogP contribution >= 0.6 is 0 Å². The highest BCUT2D eigenvalue weighted by atomic mass is 19.1. The minimum Gasteiger partial charge on any atom is -0.386 e. The number of likely N-dealkylation sites (tertiary alicyclic amines) is 1. The van der Waals surface area contributed by atoms with E-state index in [1.807, 2.05) is 30.3 Å². The molecule has 1 aliphatic heterocycles. The van der Waals surface area contributed by atoms with Crippen molar-refractivity contribution in [3.8, 4) is 0 Å². The maximum absolute atomic E-state index is 13.1. The summed E-state index contributed by atoms with van der Waals surface area (Å²) >= 11 is 0. The molecule has 2 fully saturated rings. The van der Waals surface area contributed by atoms with Crippen LogP contribution in [0.5, 0.6) is 0 Å². The average molecular weight is 383 g/mol. The first-order valence-electron chi connectivity index (χ1n) is 9.93. The van der Waals surface area contributed by atoms with Crippen molar-refractivity contribution in [1.29, 1.82) is 0 Å². The van der Waals surface area contributed by atoms with Crippen LogP contribution < -0.4 is 10.6 Å². The van der Waals surface area contributed by atoms with Crippen molar-refractivity contribution in [2.75, 3.05) is 17.2 Å². The Labute approximate surface area is 164 Å². The van der Waals surface area contributed by atoms with Crippen molar-refractivity contribution in [2.45, 2.75) is 49.8 Å². The molecule has 0 radical (unpaired) electrons. The number of fused-ring (bicyclic) bond motifs is 1. The molecule has 1 saturated heterocycles. The Morgan fingerprint density at radius 3 is 2.54 bits per heavy atom. The summed E-state index contributed by atoms with van der Waals surface area (Å²) in [6, 6.07) is 15.0. The number of halogens is 1. The zero-order valence-electron chi connectivity index (χ0n) is 15.8. The zero-order valence-corrected chi connectivity index (χ0v) is 15.8. The number of aliphatic hydroxyl groups is 1. The number of nitrogens with zero attached hydrogens (tertiary/aromatic N) is 1. The molecule has 1 aliphatic carbocycles. The van der Waals surface area contributed by atoms with E-state index < -0.39 is 5.60 Å². The van der Waals surface area contributed by atoms with Gasteiger partial charge in [0, 0.05) is 17.9 Å². The summed E-state index contributed by atoms with van der Waals surface area (Å²) in [5.41, 5.74) is 0.566. The smallest absolute Gasteiger partial charge is 0.322 e. The quantitative estimate of drug-likeness (QED) is 0.744. The lowest BCUT2D eigenvalue weighted by molar-refractivity contribution is -0.0955. The first kappa shape index (κ1) is 18.7. The van der Waals surface area contributed by atoms with Gasteiger partial charge in [-0.2, -0.15) is 0 Å². The third kappa shape index (κ3) is 3.69. The van der Waals surface area contributed by atoms with Crippen molar-refractivity contribution < 1.29 is 14.3 Å². The number of anilines is 2. The molecule has 28 heavy (non-hydrogen) atoms. The van der Waals surface area contributed by atoms with Gasteiger partial charge in [0.15, 0.2) is 0 Å². The molecule has 0 spiro atoms. The van der Waals surface area contributed by atoms with Gasteiger partial charge in [-0.05, 0) is 55.7 Å². The molecule has 2 aromatic carbocycles. The summed E-state index contributed by atoms with van der Waals surface area (Å²) in [6.45, 7) is 0.560. The topological polar surface area (TPSA) is 64.6 Å². The fraction of sp³-hybridized carbons (Fsp3) is 0.409. The molecular formula is C22H26FN3O2. The van der Waals surface area contributed by atoms with Gasteiger partial charge in [0.1, 0.15) is 11.4 Å². The average Bonchev–Trinajstić information content (AvgIpc) is 2.71. The van der Waals surface area contributed by atoms with E-state index in [4.69, 9.17) is 0 Å². The molecule has 2 aromatic rings. The Balaban J connectivity index is 1.51. The van der Waals surface area contributed by atoms with Gasteiger partial charge in [0.05, 0.1) is 12.1 Å². The van der Waals surface area contributed by atoms with Gasteiger partial charge in [-0.25, -0.2) is 9.18 Å². The molecule has 2 amide bonds. The SMILES string of the molecule is O=C(Nc1ccc(F)cc1)N1CCC(Nc2ccccc2)[C@@]2(O)CCCC[C@H]12. The summed E-state index contributed by atoms with van der Waals surface area (Å²) in [5.74, 6) is -0.340. The molecule has 4 rings (SSSR count). The molecule has 0 bridgehead atoms. The van der Waals surface area contributed by atoms with E-state index in [2.05, 4.69) is 10.6 Å². The zero-order chi connectivity index (χ0) is 19.6. The van der Waals surface area contributed by atoms with Crippen LogP contribution in [0.25, 0.3) is 0 Å². The van der Waals surface area contributed by atoms with Gasteiger partial charge in [0.25, 0.3) is 0 Å². The van der Waals surface area contributed by atoms with Gasteiger partial charge in [0.2, 0.25) is 0 Å². The maximum Gasteiger partial charge on any atom is 0.322 e. The third-order valence-corrected chi connectivity index (χ3v) is 5.99. The van der Waals surface area contributed by atoms with Gasteiger partial charge in [-0.15, -0.1) is 0 Å². The van der Waals surface area contributed by atoms with Crippen LogP contribution in [-0.4, -0.2) is 40.3 Å². The molecule has 2 aliphatic rings. The van der Waals surface area contributed by atoms with E-state index in [0.717, 1.165) is 24.9 Å². The number of carbonyl (C=O) groups is 1. The van der Waals surface area contributed by atoms with Crippen LogP contribution in [0.4, 0.5) is 20.6 Å². The number of para-hydroxylation sites is 1. The number of carbonyl (C=O) groups excluding carboxylic acids is 1. The summed E-state index contributed by atoms with van der Waals surface area (Å²) in [7, 11) is 0. The first-order chi connectivity index (χ1) is 13.6. The first-order valence-corrected chi connectivity index (χ1v) is 9.93. The Kier molecular flexibility index (Phi) is 5.22. The number of hydrogen-bond donors (Lipinski definition) is 3. The van der Waals surface area contributed by atoms with Gasteiger partial charge in [-0.3, -0.25) is 0 Å². The van der Waals surface area contributed by atoms with Crippen molar-refractivity contribution >= 4 is 17.4 Å². The standard InChI is InChI=1S/C22H26FN3O2/c23-16-9-11-18(12-10-16)25-21(27)26-15-13-19(24-17-6-2-1-3-7-17)22(28)14-5-4-8-20(22)26/h1-3,6-7,9-12,19-20,24,28H,4-5,8,13-15H2,(H,25,27)/t19?,20-,22-/m0/s1. The maximum atomic E-state index is 13.1. The van der Waals surface area contributed by atoms with Crippen LogP contribution in [-0.2, 0) is 0 Å². The largest absolute Gasteiger partial charge is 0.386 e. The summed E-state index contributed by atoms with van der Waals surface area (Å²) < 4.78 is 13.1. The molecule has 1 heterocycles. The van der Waals surface area contributed by atoms with Gasteiger partial charge >= 0.3 is 6.03 Å². The van der Waals surface area contributed by atoms with E-state index >= 15 is 0 Å². The summed E-state index contributed by atoms with van der Waals surface area (Å²) in [5, 5.41) is 17.9. The number of amides is 2. The Bertz CT molecular complexity index is 814. The number of benzene rings is 2. The number of urea groups is 1. The monoisotopic (exact) mass is 383 g/mol. The Hall–Kier alpha value is -2.60. The lowest BCUT2D eigenvalue weighted by Crippen LogP contribution is -2.68. The van der Waals surface area contributed by atoms with E-state index in [-0.39, 0.29) is 23.9 Å². The fourth-order valence-corrected chi connectivity index (χ4v) is 4.57. The Morgan fingerprint density at radius 1 is 1.04 bits per heavy atom. The normalized spacial score (nSPS) is 27.0. The van der Waals surface area contributed by atoms with Crippen molar-refractivity contribution in [3.63, 3.8) is 0 Å². The van der Waals surface area contributed by atoms with E-state index in [0.29, 0.717) is 25.1 Å². The molecule has 3 atom stereocenters. The minimum absolute atomic E-state index is 0.102. The second-order valence-corrected chi connectivity index (χ2v) is 7.73. The highest BCUT2D eigenvalue weighted by molar-refractivity contribution is 5.89. The lowest BCUT2D eigenvalue weighted by Gasteiger charge is -2.53. The molecular weight excluding hydrogens is 357 g/mol. The second-order valence-electron chi connectivity index (χ2n) is 7.73. The number of nitrogens with one attached hydrogen (secondary N) is 2. The number of piperidine rings is 1. The van der Waals surface area contributed by atoms with Crippen molar-refractivity contribution in [2.24, 2.45) is 0 Å². The van der Waals surface area contributed by atoms with Crippen LogP contribution in [0.2, 0.25) is 0 Å². The highest BCUT2D eigenvalue weighted by Crippen LogP contribution is 2.40. The lowest BCUT2D eigenvalue weighted by atomic mass is 9.71. The molecule has 148 valence electrons. The summed E-state index contributed by atoms with van der Waals surface area (Å²) in [6.07, 6.45) is 4.06. The third-order valence-electron chi connectivity index (χ3n) is 5.99. The minimum atomic E-state index is -0.966. The van der Waals surface area contributed by atoms with E-state index in [9.17, 15) is 14.3 Å². The van der Waals surface area contributed by atoms with Gasteiger partial charge < -0.3 is 20.6 Å². The fourth-order valence-electron chi connectivity index (χ4n) is 4.57. The molecule has 6 heteroatoms. The molecule has 1 unspecified atom stereocenters. The summed E-state index contributed by atoms with van der Waals surface area (Å²) in [4.78, 5) is 14.7. The predicted octanol–water partition coefficient (Wildman–Crippen LogP) is 4.22. The molecule has 5 nitrogen and oxygen atoms in total. The van der Waals surface area contributed by atoms with Crippen molar-refractivity contribution in [3.05, 3.63) is 60.4 Å². The van der Waals surface area contributed by atoms with Crippen LogP contribution in [0.15, 0.2) is 54.6 Å². The van der Waals surface area contributed by atoms with E-state index in [1.165, 1.54) is 12.1 Å². The Morgan fingerprint density at radius 2 is 1.79 bits per heavy atom. The van der Waals surface area contributed by atoms with Gasteiger partial charge in [-0.1, -0.05) is 31.0 Å². The van der Waals surface area contributed by atoms with Crippen LogP contribution in [0.1, 0.15) is 32.1 Å². The van der Waals surface area contributed by atoms with Crippen LogP contribution in [0.3, 0.4) is 0 Å². The van der Waals surface area contributed by atoms with Crippen molar-refractivity contribution in [1.82, 2.24) is 4.90 Å². The predicted molar refractivity (Wildman–Crippen MR) is 108 cm³/mol. The van der Waals surface area contributed by atoms with Crippen LogP contribution in [0, 0.1) is 5.82 Å². The second kappa shape index (κ2) is 7.80. The molecule has 1 saturated carbocycles. The number of rotatable bonds is 3. The number of hydrogen-bond acceptors (Lipinski definition) is 3. The van der Waals surface area contributed by atoms with E-state index in [1.54, 1.807) is 17.0 Å². The highest BCUT2D eigenvalue weighted by Gasteiger charge is 2.52. The molecule has 0 aromatic heterocycles.